The van der Waals surface area contributed by atoms with Gasteiger partial charge < -0.3 is 4.52 Å². The zero-order chi connectivity index (χ0) is 21.1. The lowest BCUT2D eigenvalue weighted by atomic mass is 10.1. The maximum Gasteiger partial charge on any atom is 0.258 e. The fourth-order valence-corrected chi connectivity index (χ4v) is 4.94. The lowest BCUT2D eigenvalue weighted by molar-refractivity contribution is 0.102. The van der Waals surface area contributed by atoms with E-state index in [1.165, 1.54) is 34.1 Å². The van der Waals surface area contributed by atoms with Crippen LogP contribution in [0.5, 0.6) is 0 Å². The summed E-state index contributed by atoms with van der Waals surface area (Å²) in [6.45, 7) is 3.17. The van der Waals surface area contributed by atoms with Crippen LogP contribution in [-0.2, 0) is 16.4 Å². The summed E-state index contributed by atoms with van der Waals surface area (Å²) in [4.78, 5) is 12.7. The van der Waals surface area contributed by atoms with Crippen LogP contribution < -0.4 is 5.32 Å². The fraction of sp³-hybridized carbons (Fsp3) is 0.273. The van der Waals surface area contributed by atoms with Gasteiger partial charge in [-0.1, -0.05) is 36.3 Å². The molecule has 1 aromatic heterocycles. The predicted octanol–water partition coefficient (Wildman–Crippen LogP) is 3.94. The highest BCUT2D eigenvalue weighted by Crippen LogP contribution is 2.24. The maximum atomic E-state index is 12.6. The monoisotopic (exact) mass is 425 g/mol. The molecule has 0 spiro atoms. The molecule has 0 unspecified atom stereocenters. The van der Waals surface area contributed by atoms with Crippen LogP contribution >= 0.6 is 0 Å². The number of carbonyl (C=O) groups is 1. The topological polar surface area (TPSA) is 92.5 Å². The van der Waals surface area contributed by atoms with Crippen molar-refractivity contribution in [3.8, 4) is 11.3 Å². The second kappa shape index (κ2) is 8.41. The van der Waals surface area contributed by atoms with Crippen molar-refractivity contribution >= 4 is 21.8 Å². The molecule has 3 aromatic rings. The van der Waals surface area contributed by atoms with Gasteiger partial charge in [0.05, 0.1) is 4.90 Å². The van der Waals surface area contributed by atoms with E-state index < -0.39 is 15.9 Å². The van der Waals surface area contributed by atoms with Gasteiger partial charge >= 0.3 is 0 Å². The van der Waals surface area contributed by atoms with Crippen LogP contribution in [0.3, 0.4) is 0 Å². The maximum absolute atomic E-state index is 12.6. The van der Waals surface area contributed by atoms with Crippen molar-refractivity contribution < 1.29 is 17.7 Å². The molecule has 1 amide bonds. The van der Waals surface area contributed by atoms with Gasteiger partial charge in [-0.2, -0.15) is 4.31 Å². The zero-order valence-corrected chi connectivity index (χ0v) is 17.5. The van der Waals surface area contributed by atoms with E-state index in [-0.39, 0.29) is 10.8 Å². The van der Waals surface area contributed by atoms with Crippen molar-refractivity contribution in [3.05, 3.63) is 65.7 Å². The summed E-state index contributed by atoms with van der Waals surface area (Å²) in [5, 5.41) is 6.66. The number of sulfonamides is 1. The summed E-state index contributed by atoms with van der Waals surface area (Å²) in [5.74, 6) is -0.174. The van der Waals surface area contributed by atoms with Crippen molar-refractivity contribution in [2.45, 2.75) is 31.1 Å². The number of nitrogens with zero attached hydrogens (tertiary/aromatic N) is 2. The third-order valence-corrected chi connectivity index (χ3v) is 7.14. The first-order valence-electron chi connectivity index (χ1n) is 9.95. The number of hydrogen-bond acceptors (Lipinski definition) is 5. The van der Waals surface area contributed by atoms with E-state index in [1.54, 1.807) is 6.07 Å². The first-order chi connectivity index (χ1) is 14.5. The smallest absolute Gasteiger partial charge is 0.258 e. The molecule has 8 heteroatoms. The van der Waals surface area contributed by atoms with Crippen molar-refractivity contribution in [1.82, 2.24) is 9.46 Å². The molecule has 7 nitrogen and oxygen atoms in total. The summed E-state index contributed by atoms with van der Waals surface area (Å²) in [7, 11) is -3.50. The molecule has 0 atom stereocenters. The minimum Gasteiger partial charge on any atom is -0.338 e. The van der Waals surface area contributed by atoms with Gasteiger partial charge in [-0.15, -0.1) is 0 Å². The van der Waals surface area contributed by atoms with Crippen molar-refractivity contribution in [1.29, 1.82) is 0 Å². The van der Waals surface area contributed by atoms with E-state index in [2.05, 4.69) is 17.4 Å². The molecule has 1 aliphatic heterocycles. The molecular weight excluding hydrogens is 402 g/mol. The molecule has 0 saturated carbocycles. The van der Waals surface area contributed by atoms with Crippen LogP contribution in [0.4, 0.5) is 5.88 Å². The Kier molecular flexibility index (Phi) is 5.69. The Morgan fingerprint density at radius 2 is 1.73 bits per heavy atom. The number of anilines is 1. The van der Waals surface area contributed by atoms with Gasteiger partial charge in [-0.25, -0.2) is 8.42 Å². The minimum atomic E-state index is -3.50. The standard InChI is InChI=1S/C22H23N3O4S/c1-2-16-5-7-17(8-6-16)20-15-21(29-24-20)23-22(26)18-9-11-19(12-10-18)30(27,28)25-13-3-4-14-25/h5-12,15H,2-4,13-14H2,1H3,(H,23,26). The summed E-state index contributed by atoms with van der Waals surface area (Å²) in [5.41, 5.74) is 3.08. The molecule has 1 aliphatic rings. The third kappa shape index (κ3) is 4.15. The van der Waals surface area contributed by atoms with Gasteiger partial charge in [0, 0.05) is 30.3 Å². The second-order valence-electron chi connectivity index (χ2n) is 7.22. The van der Waals surface area contributed by atoms with Crippen LogP contribution in [0.1, 0.15) is 35.7 Å². The highest BCUT2D eigenvalue weighted by molar-refractivity contribution is 7.89. The Bertz CT molecular complexity index is 1130. The second-order valence-corrected chi connectivity index (χ2v) is 9.15. The predicted molar refractivity (Wildman–Crippen MR) is 114 cm³/mol. The SMILES string of the molecule is CCc1ccc(-c2cc(NC(=O)c3ccc(S(=O)(=O)N4CCCC4)cc3)on2)cc1. The minimum absolute atomic E-state index is 0.193. The number of hydrogen-bond donors (Lipinski definition) is 1. The largest absolute Gasteiger partial charge is 0.338 e. The Hall–Kier alpha value is -2.97. The normalized spacial score (nSPS) is 14.7. The first-order valence-corrected chi connectivity index (χ1v) is 11.4. The summed E-state index contributed by atoms with van der Waals surface area (Å²) >= 11 is 0. The van der Waals surface area contributed by atoms with Gasteiger partial charge in [-0.05, 0) is 49.1 Å². The quantitative estimate of drug-likeness (QED) is 0.646. The number of aryl methyl sites for hydroxylation is 1. The van der Waals surface area contributed by atoms with E-state index >= 15 is 0 Å². The Balaban J connectivity index is 1.44. The third-order valence-electron chi connectivity index (χ3n) is 5.22. The summed E-state index contributed by atoms with van der Waals surface area (Å²) in [6, 6.07) is 15.6. The molecule has 0 aliphatic carbocycles. The molecule has 1 fully saturated rings. The number of rotatable bonds is 6. The first kappa shape index (κ1) is 20.3. The van der Waals surface area contributed by atoms with E-state index in [0.717, 1.165) is 24.8 Å². The van der Waals surface area contributed by atoms with Gasteiger partial charge in [-0.3, -0.25) is 10.1 Å². The van der Waals surface area contributed by atoms with Crippen molar-refractivity contribution in [3.63, 3.8) is 0 Å². The Labute approximate surface area is 175 Å². The molecule has 1 saturated heterocycles. The molecule has 0 radical (unpaired) electrons. The van der Waals surface area contributed by atoms with E-state index in [9.17, 15) is 13.2 Å². The van der Waals surface area contributed by atoms with Crippen LogP contribution in [-0.4, -0.2) is 36.9 Å². The molecule has 1 N–H and O–H groups in total. The Morgan fingerprint density at radius 3 is 2.37 bits per heavy atom. The van der Waals surface area contributed by atoms with Crippen LogP contribution in [0.2, 0.25) is 0 Å². The molecule has 4 rings (SSSR count). The highest BCUT2D eigenvalue weighted by atomic mass is 32.2. The van der Waals surface area contributed by atoms with Gasteiger partial charge in [0.1, 0.15) is 5.69 Å². The van der Waals surface area contributed by atoms with Gasteiger partial charge in [0.15, 0.2) is 0 Å². The van der Waals surface area contributed by atoms with Crippen molar-refractivity contribution in [2.75, 3.05) is 18.4 Å². The lowest BCUT2D eigenvalue weighted by Gasteiger charge is -2.15. The molecule has 2 heterocycles. The average molecular weight is 426 g/mol. The molecule has 156 valence electrons. The van der Waals surface area contributed by atoms with Gasteiger partial charge in [0.2, 0.25) is 15.9 Å². The Morgan fingerprint density at radius 1 is 1.07 bits per heavy atom. The highest BCUT2D eigenvalue weighted by Gasteiger charge is 2.27. The molecule has 2 aromatic carbocycles. The van der Waals surface area contributed by atoms with Crippen molar-refractivity contribution in [2.24, 2.45) is 0 Å². The number of carbonyl (C=O) groups excluding carboxylic acids is 1. The van der Waals surface area contributed by atoms with E-state index in [4.69, 9.17) is 4.52 Å². The molecule has 0 bridgehead atoms. The number of nitrogens with one attached hydrogen (secondary N) is 1. The molecule has 30 heavy (non-hydrogen) atoms. The lowest BCUT2D eigenvalue weighted by Crippen LogP contribution is -2.27. The van der Waals surface area contributed by atoms with Crippen LogP contribution in [0.25, 0.3) is 11.3 Å². The number of benzene rings is 2. The summed E-state index contributed by atoms with van der Waals surface area (Å²) < 4.78 is 31.9. The van der Waals surface area contributed by atoms with E-state index in [1.807, 2.05) is 24.3 Å². The number of amides is 1. The molecular formula is C22H23N3O4S. The van der Waals surface area contributed by atoms with Crippen LogP contribution in [0.15, 0.2) is 64.0 Å². The van der Waals surface area contributed by atoms with E-state index in [0.29, 0.717) is 24.3 Å². The zero-order valence-electron chi connectivity index (χ0n) is 16.7. The fourth-order valence-electron chi connectivity index (χ4n) is 3.42. The number of aromatic nitrogens is 1. The summed E-state index contributed by atoms with van der Waals surface area (Å²) in [6.07, 6.45) is 2.71. The average Bonchev–Trinajstić information content (AvgIpc) is 3.47. The van der Waals surface area contributed by atoms with Gasteiger partial charge in [0.25, 0.3) is 5.91 Å². The van der Waals surface area contributed by atoms with Crippen LogP contribution in [0, 0.1) is 0 Å².